The van der Waals surface area contributed by atoms with E-state index in [1.807, 2.05) is 6.92 Å². The highest BCUT2D eigenvalue weighted by molar-refractivity contribution is 6.31. The Kier molecular flexibility index (Phi) is 6.44. The zero-order valence-electron chi connectivity index (χ0n) is 14.1. The lowest BCUT2D eigenvalue weighted by molar-refractivity contribution is -0.129. The molecule has 0 amide bonds. The summed E-state index contributed by atoms with van der Waals surface area (Å²) in [5, 5.41) is 4.93. The van der Waals surface area contributed by atoms with Crippen LogP contribution in [-0.4, -0.2) is 22.9 Å². The van der Waals surface area contributed by atoms with Crippen LogP contribution in [0.1, 0.15) is 31.0 Å². The molecule has 0 N–H and O–H groups in total. The SMILES string of the molecule is CCCCn1nc(C)c(/C=C/C(=O)Oc2ccccc2OC)c1Cl. The van der Waals surface area contributed by atoms with Gasteiger partial charge in [0.1, 0.15) is 5.15 Å². The van der Waals surface area contributed by atoms with Crippen molar-refractivity contribution in [3.05, 3.63) is 46.8 Å². The monoisotopic (exact) mass is 348 g/mol. The maximum atomic E-state index is 12.0. The van der Waals surface area contributed by atoms with Crippen molar-refractivity contribution in [1.82, 2.24) is 9.78 Å². The van der Waals surface area contributed by atoms with Gasteiger partial charge in [-0.25, -0.2) is 4.79 Å². The topological polar surface area (TPSA) is 53.4 Å². The average molecular weight is 349 g/mol. The smallest absolute Gasteiger partial charge is 0.336 e. The predicted octanol–water partition coefficient (Wildman–Crippen LogP) is 4.27. The number of carbonyl (C=O) groups is 1. The first kappa shape index (κ1) is 18.1. The molecule has 0 unspecified atom stereocenters. The first-order chi connectivity index (χ1) is 11.6. The van der Waals surface area contributed by atoms with Crippen molar-refractivity contribution in [1.29, 1.82) is 0 Å². The van der Waals surface area contributed by atoms with E-state index in [-0.39, 0.29) is 0 Å². The maximum Gasteiger partial charge on any atom is 0.336 e. The molecular weight excluding hydrogens is 328 g/mol. The molecule has 0 spiro atoms. The summed E-state index contributed by atoms with van der Waals surface area (Å²) in [5.74, 6) is 0.369. The summed E-state index contributed by atoms with van der Waals surface area (Å²) in [6.07, 6.45) is 5.03. The Morgan fingerprint density at radius 1 is 1.33 bits per heavy atom. The summed E-state index contributed by atoms with van der Waals surface area (Å²) in [6.45, 7) is 4.73. The Morgan fingerprint density at radius 2 is 2.04 bits per heavy atom. The molecule has 6 heteroatoms. The van der Waals surface area contributed by atoms with Crippen molar-refractivity contribution in [2.24, 2.45) is 0 Å². The van der Waals surface area contributed by atoms with Gasteiger partial charge in [0, 0.05) is 18.2 Å². The highest BCUT2D eigenvalue weighted by Gasteiger charge is 2.12. The number of hydrogen-bond donors (Lipinski definition) is 0. The van der Waals surface area contributed by atoms with Crippen LogP contribution in [0.5, 0.6) is 11.5 Å². The average Bonchev–Trinajstić information content (AvgIpc) is 2.85. The van der Waals surface area contributed by atoms with Gasteiger partial charge < -0.3 is 9.47 Å². The van der Waals surface area contributed by atoms with Crippen LogP contribution in [0, 0.1) is 6.92 Å². The van der Waals surface area contributed by atoms with Gasteiger partial charge in [0.05, 0.1) is 12.8 Å². The van der Waals surface area contributed by atoms with Gasteiger partial charge in [-0.05, 0) is 31.6 Å². The lowest BCUT2D eigenvalue weighted by atomic mass is 10.2. The number of hydrogen-bond acceptors (Lipinski definition) is 4. The molecule has 0 fully saturated rings. The van der Waals surface area contributed by atoms with Crippen LogP contribution in [0.4, 0.5) is 0 Å². The zero-order valence-corrected chi connectivity index (χ0v) is 14.8. The highest BCUT2D eigenvalue weighted by atomic mass is 35.5. The molecule has 1 aromatic carbocycles. The van der Waals surface area contributed by atoms with Gasteiger partial charge in [0.25, 0.3) is 0 Å². The van der Waals surface area contributed by atoms with Crippen molar-refractivity contribution in [3.63, 3.8) is 0 Å². The van der Waals surface area contributed by atoms with Crippen LogP contribution in [-0.2, 0) is 11.3 Å². The number of benzene rings is 1. The van der Waals surface area contributed by atoms with Gasteiger partial charge in [-0.2, -0.15) is 5.10 Å². The van der Waals surface area contributed by atoms with Crippen LogP contribution in [0.15, 0.2) is 30.3 Å². The summed E-state index contributed by atoms with van der Waals surface area (Å²) in [4.78, 5) is 12.0. The number of rotatable bonds is 7. The fourth-order valence-electron chi connectivity index (χ4n) is 2.21. The lowest BCUT2D eigenvalue weighted by Crippen LogP contribution is -2.04. The first-order valence-electron chi connectivity index (χ1n) is 7.82. The van der Waals surface area contributed by atoms with Crippen LogP contribution < -0.4 is 9.47 Å². The molecule has 2 aromatic rings. The van der Waals surface area contributed by atoms with E-state index in [0.717, 1.165) is 30.6 Å². The van der Waals surface area contributed by atoms with Gasteiger partial charge in [0.2, 0.25) is 0 Å². The van der Waals surface area contributed by atoms with E-state index in [0.29, 0.717) is 16.7 Å². The zero-order chi connectivity index (χ0) is 17.5. The molecule has 0 saturated heterocycles. The summed E-state index contributed by atoms with van der Waals surface area (Å²) >= 11 is 6.33. The van der Waals surface area contributed by atoms with Crippen molar-refractivity contribution in [2.45, 2.75) is 33.2 Å². The Balaban J connectivity index is 2.10. The van der Waals surface area contributed by atoms with Gasteiger partial charge in [-0.3, -0.25) is 4.68 Å². The molecular formula is C18H21ClN2O3. The normalized spacial score (nSPS) is 11.0. The van der Waals surface area contributed by atoms with E-state index in [9.17, 15) is 4.79 Å². The molecule has 0 aliphatic rings. The van der Waals surface area contributed by atoms with E-state index >= 15 is 0 Å². The first-order valence-corrected chi connectivity index (χ1v) is 8.20. The van der Waals surface area contributed by atoms with Crippen LogP contribution in [0.2, 0.25) is 5.15 Å². The van der Waals surface area contributed by atoms with Crippen molar-refractivity contribution in [3.8, 4) is 11.5 Å². The molecule has 2 rings (SSSR count). The minimum atomic E-state index is -0.503. The number of ether oxygens (including phenoxy) is 2. The Morgan fingerprint density at radius 3 is 2.71 bits per heavy atom. The predicted molar refractivity (Wildman–Crippen MR) is 94.5 cm³/mol. The fourth-order valence-corrected chi connectivity index (χ4v) is 2.53. The molecule has 0 aliphatic heterocycles. The van der Waals surface area contributed by atoms with E-state index < -0.39 is 5.97 Å². The van der Waals surface area contributed by atoms with Crippen LogP contribution in [0.3, 0.4) is 0 Å². The molecule has 0 bridgehead atoms. The number of unbranched alkanes of at least 4 members (excludes halogenated alkanes) is 1. The summed E-state index contributed by atoms with van der Waals surface area (Å²) < 4.78 is 12.2. The summed E-state index contributed by atoms with van der Waals surface area (Å²) in [5.41, 5.74) is 1.50. The Bertz CT molecular complexity index is 738. The second-order valence-corrected chi connectivity index (χ2v) is 5.63. The molecule has 0 atom stereocenters. The number of carbonyl (C=O) groups excluding carboxylic acids is 1. The Labute approximate surface area is 146 Å². The molecule has 0 radical (unpaired) electrons. The minimum Gasteiger partial charge on any atom is -0.493 e. The third kappa shape index (κ3) is 4.38. The number of aryl methyl sites for hydroxylation is 2. The lowest BCUT2D eigenvalue weighted by Gasteiger charge is -2.06. The van der Waals surface area contributed by atoms with E-state index in [1.165, 1.54) is 13.2 Å². The van der Waals surface area contributed by atoms with E-state index in [2.05, 4.69) is 12.0 Å². The maximum absolute atomic E-state index is 12.0. The molecule has 1 heterocycles. The van der Waals surface area contributed by atoms with Gasteiger partial charge in [0.15, 0.2) is 11.5 Å². The molecule has 128 valence electrons. The number of nitrogens with zero attached hydrogens (tertiary/aromatic N) is 2. The highest BCUT2D eigenvalue weighted by Crippen LogP contribution is 2.26. The molecule has 1 aromatic heterocycles. The van der Waals surface area contributed by atoms with Gasteiger partial charge >= 0.3 is 5.97 Å². The summed E-state index contributed by atoms with van der Waals surface area (Å²) in [6, 6.07) is 6.98. The minimum absolute atomic E-state index is 0.371. The molecule has 5 nitrogen and oxygen atoms in total. The number of halogens is 1. The third-order valence-electron chi connectivity index (χ3n) is 3.50. The standard InChI is InChI=1S/C18H21ClN2O3/c1-4-5-12-21-18(19)14(13(2)20-21)10-11-17(22)24-16-9-7-6-8-15(16)23-3/h6-11H,4-5,12H2,1-3H3/b11-10+. The second kappa shape index (κ2) is 8.55. The molecule has 0 aliphatic carbocycles. The van der Waals surface area contributed by atoms with E-state index in [1.54, 1.807) is 35.0 Å². The second-order valence-electron chi connectivity index (χ2n) is 5.27. The van der Waals surface area contributed by atoms with Gasteiger partial charge in [-0.1, -0.05) is 37.1 Å². The number of para-hydroxylation sites is 2. The largest absolute Gasteiger partial charge is 0.493 e. The van der Waals surface area contributed by atoms with Crippen molar-refractivity contribution in [2.75, 3.05) is 7.11 Å². The number of esters is 1. The summed E-state index contributed by atoms with van der Waals surface area (Å²) in [7, 11) is 1.52. The molecule has 24 heavy (non-hydrogen) atoms. The van der Waals surface area contributed by atoms with E-state index in [4.69, 9.17) is 21.1 Å². The number of aromatic nitrogens is 2. The quantitative estimate of drug-likeness (QED) is 0.426. The van der Waals surface area contributed by atoms with Crippen molar-refractivity contribution < 1.29 is 14.3 Å². The number of methoxy groups -OCH3 is 1. The molecule has 0 saturated carbocycles. The van der Waals surface area contributed by atoms with Gasteiger partial charge in [-0.15, -0.1) is 0 Å². The fraction of sp³-hybridized carbons (Fsp3) is 0.333. The van der Waals surface area contributed by atoms with Crippen LogP contribution in [0.25, 0.3) is 6.08 Å². The Hall–Kier alpha value is -2.27. The van der Waals surface area contributed by atoms with Crippen molar-refractivity contribution >= 4 is 23.6 Å². The van der Waals surface area contributed by atoms with Crippen LogP contribution >= 0.6 is 11.6 Å². The third-order valence-corrected chi connectivity index (χ3v) is 3.90.